The minimum atomic E-state index is 0.341. The summed E-state index contributed by atoms with van der Waals surface area (Å²) in [4.78, 5) is 0. The van der Waals surface area contributed by atoms with Crippen LogP contribution in [0.25, 0.3) is 0 Å². The summed E-state index contributed by atoms with van der Waals surface area (Å²) in [6, 6.07) is 0. The lowest BCUT2D eigenvalue weighted by atomic mass is 9.59. The van der Waals surface area contributed by atoms with E-state index in [0.717, 1.165) is 13.2 Å². The lowest BCUT2D eigenvalue weighted by molar-refractivity contribution is -0.0868. The predicted molar refractivity (Wildman–Crippen MR) is 109 cm³/mol. The highest BCUT2D eigenvalue weighted by Gasteiger charge is 2.46. The van der Waals surface area contributed by atoms with Crippen LogP contribution in [0.5, 0.6) is 0 Å². The van der Waals surface area contributed by atoms with Gasteiger partial charge in [0.25, 0.3) is 0 Å². The van der Waals surface area contributed by atoms with Crippen LogP contribution in [-0.2, 0) is 9.47 Å². The quantitative estimate of drug-likeness (QED) is 0.648. The summed E-state index contributed by atoms with van der Waals surface area (Å²) >= 11 is 0. The van der Waals surface area contributed by atoms with Gasteiger partial charge in [-0.15, -0.1) is 0 Å². The van der Waals surface area contributed by atoms with Crippen molar-refractivity contribution in [2.45, 2.75) is 80.4 Å². The minimum absolute atomic E-state index is 0.341. The van der Waals surface area contributed by atoms with Gasteiger partial charge < -0.3 is 9.47 Å². The maximum atomic E-state index is 6.36. The summed E-state index contributed by atoms with van der Waals surface area (Å²) in [6.07, 6.45) is 0.693. The third-order valence-electron chi connectivity index (χ3n) is 8.10. The first kappa shape index (κ1) is 19.9. The lowest BCUT2D eigenvalue weighted by Gasteiger charge is -2.49. The van der Waals surface area contributed by atoms with Crippen molar-refractivity contribution in [3.63, 3.8) is 0 Å². The Bertz CT molecular complexity index is 628. The molecule has 1 aromatic rings. The molecule has 0 radical (unpaired) electrons. The molecule has 0 N–H and O–H groups in total. The first-order chi connectivity index (χ1) is 12.2. The number of benzene rings is 1. The summed E-state index contributed by atoms with van der Waals surface area (Å²) < 4.78 is 11.7. The third-order valence-corrected chi connectivity index (χ3v) is 8.10. The maximum Gasteiger partial charge on any atom is 0.104 e. The van der Waals surface area contributed by atoms with Gasteiger partial charge in [-0.25, -0.2) is 0 Å². The molecule has 0 aromatic heterocycles. The molecule has 1 saturated carbocycles. The molecule has 1 heterocycles. The molecule has 0 spiro atoms. The normalized spacial score (nSPS) is 37.0. The number of ether oxygens (including phenoxy) is 2. The largest absolute Gasteiger partial charge is 0.375 e. The van der Waals surface area contributed by atoms with E-state index in [1.54, 1.807) is 5.56 Å². The SMILES string of the molecule is Cc1c(C)c(C)c(C2C(C)C(C)C(OCC3CO3)C(C)C2C)c(C)c1C. The molecule has 5 atom stereocenters. The van der Waals surface area contributed by atoms with E-state index in [0.29, 0.717) is 41.8 Å². The molecular formula is C24H38O2. The summed E-state index contributed by atoms with van der Waals surface area (Å²) in [6.45, 7) is 22.9. The molecule has 2 nitrogen and oxygen atoms in total. The molecule has 0 amide bonds. The van der Waals surface area contributed by atoms with Crippen molar-refractivity contribution < 1.29 is 9.47 Å². The van der Waals surface area contributed by atoms with Crippen LogP contribution in [0.4, 0.5) is 0 Å². The van der Waals surface area contributed by atoms with E-state index in [2.05, 4.69) is 62.3 Å². The second-order valence-electron chi connectivity index (χ2n) is 9.25. The fourth-order valence-corrected chi connectivity index (χ4v) is 5.45. The monoisotopic (exact) mass is 358 g/mol. The second kappa shape index (κ2) is 7.28. The second-order valence-corrected chi connectivity index (χ2v) is 9.25. The zero-order chi connectivity index (χ0) is 19.3. The fourth-order valence-electron chi connectivity index (χ4n) is 5.45. The molecule has 26 heavy (non-hydrogen) atoms. The molecule has 2 fully saturated rings. The molecule has 5 unspecified atom stereocenters. The molecule has 1 aliphatic carbocycles. The van der Waals surface area contributed by atoms with Crippen molar-refractivity contribution in [3.05, 3.63) is 33.4 Å². The summed E-state index contributed by atoms with van der Waals surface area (Å²) in [5, 5.41) is 0. The molecule has 2 aliphatic rings. The Morgan fingerprint density at radius 3 is 1.58 bits per heavy atom. The highest BCUT2D eigenvalue weighted by Crippen LogP contribution is 2.51. The molecule has 1 aromatic carbocycles. The Kier molecular flexibility index (Phi) is 5.57. The molecule has 146 valence electrons. The van der Waals surface area contributed by atoms with Crippen LogP contribution in [-0.4, -0.2) is 25.4 Å². The predicted octanol–water partition coefficient (Wildman–Crippen LogP) is 5.65. The minimum Gasteiger partial charge on any atom is -0.375 e. The van der Waals surface area contributed by atoms with Crippen LogP contribution in [0.1, 0.15) is 67.0 Å². The Hall–Kier alpha value is -0.860. The third kappa shape index (κ3) is 3.24. The molecular weight excluding hydrogens is 320 g/mol. The maximum absolute atomic E-state index is 6.36. The molecule has 1 saturated heterocycles. The first-order valence-electron chi connectivity index (χ1n) is 10.5. The average molecular weight is 359 g/mol. The smallest absolute Gasteiger partial charge is 0.104 e. The van der Waals surface area contributed by atoms with Crippen molar-refractivity contribution in [1.29, 1.82) is 0 Å². The molecule has 1 aliphatic heterocycles. The van der Waals surface area contributed by atoms with Gasteiger partial charge >= 0.3 is 0 Å². The zero-order valence-electron chi connectivity index (χ0n) is 18.3. The number of hydrogen-bond donors (Lipinski definition) is 0. The lowest BCUT2D eigenvalue weighted by Crippen LogP contribution is -2.46. The van der Waals surface area contributed by atoms with Gasteiger partial charge in [-0.2, -0.15) is 0 Å². The van der Waals surface area contributed by atoms with Crippen LogP contribution >= 0.6 is 0 Å². The van der Waals surface area contributed by atoms with Gasteiger partial charge in [0, 0.05) is 0 Å². The fraction of sp³-hybridized carbons (Fsp3) is 0.750. The van der Waals surface area contributed by atoms with Gasteiger partial charge in [0.05, 0.1) is 19.3 Å². The topological polar surface area (TPSA) is 21.8 Å². The van der Waals surface area contributed by atoms with Gasteiger partial charge in [0.2, 0.25) is 0 Å². The highest BCUT2D eigenvalue weighted by molar-refractivity contribution is 5.51. The van der Waals surface area contributed by atoms with Crippen molar-refractivity contribution in [2.75, 3.05) is 13.2 Å². The number of hydrogen-bond acceptors (Lipinski definition) is 2. The van der Waals surface area contributed by atoms with Crippen molar-refractivity contribution in [3.8, 4) is 0 Å². The zero-order valence-corrected chi connectivity index (χ0v) is 18.3. The van der Waals surface area contributed by atoms with Gasteiger partial charge in [0.1, 0.15) is 6.10 Å². The summed E-state index contributed by atoms with van der Waals surface area (Å²) in [7, 11) is 0. The van der Waals surface area contributed by atoms with E-state index in [-0.39, 0.29) is 0 Å². The Morgan fingerprint density at radius 1 is 0.731 bits per heavy atom. The number of epoxide rings is 1. The Balaban J connectivity index is 1.96. The van der Waals surface area contributed by atoms with Gasteiger partial charge in [-0.3, -0.25) is 0 Å². The van der Waals surface area contributed by atoms with E-state index >= 15 is 0 Å². The van der Waals surface area contributed by atoms with Crippen molar-refractivity contribution in [1.82, 2.24) is 0 Å². The molecule has 0 bridgehead atoms. The van der Waals surface area contributed by atoms with Gasteiger partial charge in [-0.1, -0.05) is 27.7 Å². The van der Waals surface area contributed by atoms with E-state index in [1.165, 1.54) is 27.8 Å². The van der Waals surface area contributed by atoms with E-state index in [4.69, 9.17) is 9.47 Å². The van der Waals surface area contributed by atoms with Crippen molar-refractivity contribution in [2.24, 2.45) is 23.7 Å². The first-order valence-corrected chi connectivity index (χ1v) is 10.5. The standard InChI is InChI=1S/C24H38O2/c1-12-13(2)15(4)22(16(5)14(12)3)23-17(6)19(8)24(20(9)18(23)7)26-11-21-10-25-21/h17-21,23-24H,10-11H2,1-9H3. The van der Waals surface area contributed by atoms with E-state index in [9.17, 15) is 0 Å². The van der Waals surface area contributed by atoms with E-state index in [1.807, 2.05) is 0 Å². The number of rotatable bonds is 4. The average Bonchev–Trinajstić information content (AvgIpc) is 3.44. The van der Waals surface area contributed by atoms with Gasteiger partial charge in [0.15, 0.2) is 0 Å². The van der Waals surface area contributed by atoms with Gasteiger partial charge in [-0.05, 0) is 97.6 Å². The van der Waals surface area contributed by atoms with Crippen LogP contribution < -0.4 is 0 Å². The molecule has 3 rings (SSSR count). The van der Waals surface area contributed by atoms with Crippen LogP contribution in [0.2, 0.25) is 0 Å². The summed E-state index contributed by atoms with van der Waals surface area (Å²) in [5.74, 6) is 2.96. The Labute approximate surface area is 160 Å². The highest BCUT2D eigenvalue weighted by atomic mass is 16.6. The van der Waals surface area contributed by atoms with Crippen LogP contribution in [0, 0.1) is 58.3 Å². The van der Waals surface area contributed by atoms with Crippen molar-refractivity contribution >= 4 is 0 Å². The van der Waals surface area contributed by atoms with E-state index < -0.39 is 0 Å². The molecule has 2 heteroatoms. The Morgan fingerprint density at radius 2 is 1.15 bits per heavy atom. The van der Waals surface area contributed by atoms with Crippen LogP contribution in [0.15, 0.2) is 0 Å². The summed E-state index contributed by atoms with van der Waals surface area (Å²) in [5.41, 5.74) is 9.07. The van der Waals surface area contributed by atoms with Crippen LogP contribution in [0.3, 0.4) is 0 Å².